The molecule has 0 aliphatic carbocycles. The van der Waals surface area contributed by atoms with Crippen LogP contribution in [0.15, 0.2) is 0 Å². The fourth-order valence-corrected chi connectivity index (χ4v) is 4.34. The molecule has 0 aromatic heterocycles. The van der Waals surface area contributed by atoms with Gasteiger partial charge in [0.2, 0.25) is 0 Å². The lowest BCUT2D eigenvalue weighted by atomic mass is 9.86. The van der Waals surface area contributed by atoms with Crippen molar-refractivity contribution in [2.24, 2.45) is 5.92 Å². The van der Waals surface area contributed by atoms with Crippen molar-refractivity contribution in [2.45, 2.75) is 64.2 Å². The van der Waals surface area contributed by atoms with E-state index in [1.807, 2.05) is 20.8 Å². The molecule has 15 heavy (non-hydrogen) atoms. The number of hydrogen-bond donors (Lipinski definition) is 0. The fourth-order valence-electron chi connectivity index (χ4n) is 2.47. The summed E-state index contributed by atoms with van der Waals surface area (Å²) in [5, 5.41) is 0. The van der Waals surface area contributed by atoms with Crippen molar-refractivity contribution >= 4 is 10.1 Å². The Morgan fingerprint density at radius 2 is 1.87 bits per heavy atom. The lowest BCUT2D eigenvalue weighted by molar-refractivity contribution is 0.135. The second kappa shape index (κ2) is 3.74. The molecule has 0 aromatic rings. The van der Waals surface area contributed by atoms with Crippen LogP contribution in [0.4, 0.5) is 0 Å². The van der Waals surface area contributed by atoms with Crippen LogP contribution in [-0.4, -0.2) is 18.8 Å². The van der Waals surface area contributed by atoms with Gasteiger partial charge in [0.25, 0.3) is 10.1 Å². The molecular weight excluding hydrogens is 212 g/mol. The average molecular weight is 234 g/mol. The molecule has 4 heteroatoms. The summed E-state index contributed by atoms with van der Waals surface area (Å²) in [6, 6.07) is 0. The summed E-state index contributed by atoms with van der Waals surface area (Å²) < 4.78 is 28.3. The highest BCUT2D eigenvalue weighted by molar-refractivity contribution is 7.88. The Hall–Kier alpha value is -0.0900. The Balaban J connectivity index is 2.94. The average Bonchev–Trinajstić information content (AvgIpc) is 2.14. The molecule has 0 spiro atoms. The third-order valence-corrected chi connectivity index (χ3v) is 5.40. The van der Waals surface area contributed by atoms with E-state index in [1.165, 1.54) is 0 Å². The molecule has 1 fully saturated rings. The number of hydrogen-bond acceptors (Lipinski definition) is 3. The zero-order valence-electron chi connectivity index (χ0n) is 10.3. The van der Waals surface area contributed by atoms with Crippen LogP contribution in [0.2, 0.25) is 0 Å². The summed E-state index contributed by atoms with van der Waals surface area (Å²) in [4.78, 5) is 0. The quantitative estimate of drug-likeness (QED) is 0.705. The predicted octanol–water partition coefficient (Wildman–Crippen LogP) is 2.71. The van der Waals surface area contributed by atoms with E-state index in [9.17, 15) is 8.42 Å². The van der Waals surface area contributed by atoms with E-state index in [0.29, 0.717) is 18.8 Å². The van der Waals surface area contributed by atoms with Gasteiger partial charge >= 0.3 is 0 Å². The van der Waals surface area contributed by atoms with E-state index in [4.69, 9.17) is 4.18 Å². The Labute approximate surface area is 93.3 Å². The first kappa shape index (κ1) is 13.0. The monoisotopic (exact) mass is 234 g/mol. The van der Waals surface area contributed by atoms with Gasteiger partial charge in [-0.2, -0.15) is 8.42 Å². The van der Waals surface area contributed by atoms with Gasteiger partial charge in [-0.3, -0.25) is 4.18 Å². The van der Waals surface area contributed by atoms with Crippen LogP contribution in [0.1, 0.15) is 53.9 Å². The van der Waals surface area contributed by atoms with Crippen molar-refractivity contribution in [1.29, 1.82) is 0 Å². The van der Waals surface area contributed by atoms with E-state index in [0.717, 1.165) is 6.42 Å². The highest BCUT2D eigenvalue weighted by Crippen LogP contribution is 2.44. The molecule has 1 saturated heterocycles. The first-order chi connectivity index (χ1) is 6.62. The maximum Gasteiger partial charge on any atom is 0.273 e. The second-order valence-electron chi connectivity index (χ2n) is 5.64. The molecule has 0 aromatic carbocycles. The van der Waals surface area contributed by atoms with Crippen molar-refractivity contribution in [3.63, 3.8) is 0 Å². The Bertz CT molecular complexity index is 332. The summed E-state index contributed by atoms with van der Waals surface area (Å²) >= 11 is 0. The molecule has 0 saturated carbocycles. The van der Waals surface area contributed by atoms with Gasteiger partial charge < -0.3 is 0 Å². The molecule has 90 valence electrons. The standard InChI is InChI=1S/C11H22O3S/c1-6-9(2)7-11(5)8-10(3,4)14-15(11,12)13/h9H,6-8H2,1-5H3. The van der Waals surface area contributed by atoms with Crippen LogP contribution in [0.3, 0.4) is 0 Å². The smallest absolute Gasteiger partial charge is 0.264 e. The van der Waals surface area contributed by atoms with E-state index in [-0.39, 0.29) is 0 Å². The van der Waals surface area contributed by atoms with Gasteiger partial charge in [-0.05, 0) is 39.5 Å². The minimum absolute atomic E-state index is 0.419. The molecule has 0 radical (unpaired) electrons. The van der Waals surface area contributed by atoms with Crippen LogP contribution in [0.5, 0.6) is 0 Å². The van der Waals surface area contributed by atoms with Gasteiger partial charge in [0.15, 0.2) is 0 Å². The Morgan fingerprint density at radius 1 is 1.33 bits per heavy atom. The van der Waals surface area contributed by atoms with E-state index < -0.39 is 20.5 Å². The second-order valence-corrected chi connectivity index (χ2v) is 7.70. The van der Waals surface area contributed by atoms with Crippen molar-refractivity contribution in [3.05, 3.63) is 0 Å². The summed E-state index contributed by atoms with van der Waals surface area (Å²) in [5.41, 5.74) is -0.541. The zero-order chi connectivity index (χ0) is 11.9. The van der Waals surface area contributed by atoms with Crippen LogP contribution in [0, 0.1) is 5.92 Å². The molecule has 1 rings (SSSR count). The fraction of sp³-hybridized carbons (Fsp3) is 1.00. The third kappa shape index (κ3) is 2.53. The molecule has 0 N–H and O–H groups in total. The van der Waals surface area contributed by atoms with Crippen LogP contribution in [0.25, 0.3) is 0 Å². The first-order valence-electron chi connectivity index (χ1n) is 5.57. The van der Waals surface area contributed by atoms with Gasteiger partial charge in [-0.25, -0.2) is 0 Å². The molecule has 1 aliphatic heterocycles. The highest BCUT2D eigenvalue weighted by Gasteiger charge is 2.53. The first-order valence-corrected chi connectivity index (χ1v) is 6.98. The number of rotatable bonds is 3. The zero-order valence-corrected chi connectivity index (χ0v) is 11.1. The van der Waals surface area contributed by atoms with Gasteiger partial charge in [0.1, 0.15) is 0 Å². The minimum Gasteiger partial charge on any atom is -0.264 e. The molecule has 2 unspecified atom stereocenters. The summed E-state index contributed by atoms with van der Waals surface area (Å²) in [6.07, 6.45) is 2.29. The van der Waals surface area contributed by atoms with Gasteiger partial charge in [0.05, 0.1) is 10.3 Å². The van der Waals surface area contributed by atoms with Gasteiger partial charge in [-0.1, -0.05) is 20.3 Å². The summed E-state index contributed by atoms with van der Waals surface area (Å²) in [5.74, 6) is 0.419. The van der Waals surface area contributed by atoms with Crippen molar-refractivity contribution in [3.8, 4) is 0 Å². The Morgan fingerprint density at radius 3 is 2.20 bits per heavy atom. The van der Waals surface area contributed by atoms with Crippen LogP contribution in [-0.2, 0) is 14.3 Å². The van der Waals surface area contributed by atoms with Crippen LogP contribution >= 0.6 is 0 Å². The minimum atomic E-state index is -3.40. The van der Waals surface area contributed by atoms with Gasteiger partial charge in [-0.15, -0.1) is 0 Å². The topological polar surface area (TPSA) is 43.4 Å². The molecule has 2 atom stereocenters. The normalized spacial score (nSPS) is 35.3. The Kier molecular flexibility index (Phi) is 3.23. The highest BCUT2D eigenvalue weighted by atomic mass is 32.2. The van der Waals surface area contributed by atoms with Crippen molar-refractivity contribution in [2.75, 3.05) is 0 Å². The summed E-state index contributed by atoms with van der Waals surface area (Å²) in [7, 11) is -3.40. The molecule has 3 nitrogen and oxygen atoms in total. The van der Waals surface area contributed by atoms with Crippen molar-refractivity contribution < 1.29 is 12.6 Å². The predicted molar refractivity (Wildman–Crippen MR) is 61.2 cm³/mol. The maximum absolute atomic E-state index is 11.9. The third-order valence-electron chi connectivity index (χ3n) is 3.22. The van der Waals surface area contributed by atoms with E-state index >= 15 is 0 Å². The van der Waals surface area contributed by atoms with E-state index in [2.05, 4.69) is 13.8 Å². The van der Waals surface area contributed by atoms with Crippen LogP contribution < -0.4 is 0 Å². The molecule has 0 amide bonds. The molecule has 1 aliphatic rings. The molecule has 1 heterocycles. The maximum atomic E-state index is 11.9. The lowest BCUT2D eigenvalue weighted by Crippen LogP contribution is -2.32. The lowest BCUT2D eigenvalue weighted by Gasteiger charge is -2.24. The SMILES string of the molecule is CCC(C)CC1(C)CC(C)(C)OS1(=O)=O. The summed E-state index contributed by atoms with van der Waals surface area (Å²) in [6.45, 7) is 9.66. The largest absolute Gasteiger partial charge is 0.273 e. The molecule has 0 bridgehead atoms. The van der Waals surface area contributed by atoms with Crippen molar-refractivity contribution in [1.82, 2.24) is 0 Å². The van der Waals surface area contributed by atoms with E-state index in [1.54, 1.807) is 0 Å². The molecular formula is C11H22O3S. The van der Waals surface area contributed by atoms with Gasteiger partial charge in [0, 0.05) is 0 Å².